The van der Waals surface area contributed by atoms with Crippen LogP contribution in [0.2, 0.25) is 0 Å². The van der Waals surface area contributed by atoms with Gasteiger partial charge in [-0.2, -0.15) is 0 Å². The summed E-state index contributed by atoms with van der Waals surface area (Å²) in [5.41, 5.74) is 0.859. The lowest BCUT2D eigenvalue weighted by Crippen LogP contribution is -2.23. The van der Waals surface area contributed by atoms with Crippen LogP contribution in [0.15, 0.2) is 66.1 Å². The molecular formula is C17H16FN3O3S. The van der Waals surface area contributed by atoms with Crippen molar-refractivity contribution in [2.24, 2.45) is 0 Å². The van der Waals surface area contributed by atoms with Gasteiger partial charge in [0, 0.05) is 18.9 Å². The second kappa shape index (κ2) is 7.04. The number of nitrogens with zero attached hydrogens (tertiary/aromatic N) is 2. The molecule has 0 saturated carbocycles. The third kappa shape index (κ3) is 3.86. The number of hydrogen-bond acceptors (Lipinski definition) is 4. The van der Waals surface area contributed by atoms with E-state index in [0.29, 0.717) is 17.0 Å². The van der Waals surface area contributed by atoms with Gasteiger partial charge in [-0.1, -0.05) is 6.07 Å². The highest BCUT2D eigenvalue weighted by Crippen LogP contribution is 2.17. The third-order valence-electron chi connectivity index (χ3n) is 3.63. The first-order valence-electron chi connectivity index (χ1n) is 7.40. The molecular weight excluding hydrogens is 345 g/mol. The van der Waals surface area contributed by atoms with Crippen LogP contribution in [0.3, 0.4) is 0 Å². The first-order chi connectivity index (χ1) is 12.0. The minimum Gasteiger partial charge on any atom is -0.497 e. The van der Waals surface area contributed by atoms with E-state index in [9.17, 15) is 12.8 Å². The number of halogens is 1. The Bertz CT molecular complexity index is 955. The largest absolute Gasteiger partial charge is 0.497 e. The highest BCUT2D eigenvalue weighted by atomic mass is 32.2. The molecule has 2 aromatic carbocycles. The van der Waals surface area contributed by atoms with Crippen LogP contribution in [0.4, 0.5) is 4.39 Å². The predicted molar refractivity (Wildman–Crippen MR) is 90.5 cm³/mol. The second-order valence-corrected chi connectivity index (χ2v) is 7.02. The predicted octanol–water partition coefficient (Wildman–Crippen LogP) is 2.50. The first-order valence-corrected chi connectivity index (χ1v) is 8.88. The molecule has 8 heteroatoms. The zero-order valence-electron chi connectivity index (χ0n) is 13.4. The summed E-state index contributed by atoms with van der Waals surface area (Å²) < 4.78 is 47.8. The van der Waals surface area contributed by atoms with Crippen molar-refractivity contribution in [1.29, 1.82) is 0 Å². The van der Waals surface area contributed by atoms with Gasteiger partial charge in [-0.15, -0.1) is 0 Å². The molecule has 0 aliphatic rings. The van der Waals surface area contributed by atoms with Gasteiger partial charge in [0.1, 0.15) is 11.6 Å². The summed E-state index contributed by atoms with van der Waals surface area (Å²) in [5.74, 6) is 0.107. The summed E-state index contributed by atoms with van der Waals surface area (Å²) in [6, 6.07) is 10.6. The average molecular weight is 361 g/mol. The number of benzene rings is 2. The van der Waals surface area contributed by atoms with Gasteiger partial charge < -0.3 is 9.30 Å². The molecule has 0 unspecified atom stereocenters. The summed E-state index contributed by atoms with van der Waals surface area (Å²) in [5, 5.41) is 0. The molecule has 0 saturated heterocycles. The zero-order valence-corrected chi connectivity index (χ0v) is 14.2. The Balaban J connectivity index is 1.73. The van der Waals surface area contributed by atoms with Crippen LogP contribution in [0, 0.1) is 5.82 Å². The maximum atomic E-state index is 14.2. The third-order valence-corrected chi connectivity index (χ3v) is 5.05. The summed E-state index contributed by atoms with van der Waals surface area (Å²) in [6.45, 7) is -0.0184. The number of rotatable bonds is 6. The van der Waals surface area contributed by atoms with Gasteiger partial charge in [0.15, 0.2) is 0 Å². The van der Waals surface area contributed by atoms with Crippen molar-refractivity contribution in [1.82, 2.24) is 14.3 Å². The van der Waals surface area contributed by atoms with Crippen LogP contribution in [0.5, 0.6) is 5.75 Å². The van der Waals surface area contributed by atoms with Gasteiger partial charge in [0.25, 0.3) is 0 Å². The van der Waals surface area contributed by atoms with Crippen LogP contribution in [-0.2, 0) is 16.6 Å². The standard InChI is InChI=1S/C17H16FN3O3S/c1-24-14-3-5-15(6-4-14)25(22,23)20-11-13-2-7-17(16(18)10-13)21-9-8-19-12-21/h2-10,12,20H,11H2,1H3. The minimum absolute atomic E-state index is 0.0184. The van der Waals surface area contributed by atoms with Crippen molar-refractivity contribution < 1.29 is 17.5 Å². The number of nitrogens with one attached hydrogen (secondary N) is 1. The minimum atomic E-state index is -3.69. The van der Waals surface area contributed by atoms with E-state index in [2.05, 4.69) is 9.71 Å². The van der Waals surface area contributed by atoms with Gasteiger partial charge >= 0.3 is 0 Å². The van der Waals surface area contributed by atoms with Crippen molar-refractivity contribution in [2.45, 2.75) is 11.4 Å². The lowest BCUT2D eigenvalue weighted by molar-refractivity contribution is 0.414. The van der Waals surface area contributed by atoms with Crippen LogP contribution in [0.1, 0.15) is 5.56 Å². The fraction of sp³-hybridized carbons (Fsp3) is 0.118. The maximum Gasteiger partial charge on any atom is 0.240 e. The number of imidazole rings is 1. The van der Waals surface area contributed by atoms with Crippen molar-refractivity contribution in [2.75, 3.05) is 7.11 Å². The topological polar surface area (TPSA) is 73.2 Å². The molecule has 1 aromatic heterocycles. The van der Waals surface area contributed by atoms with Crippen molar-refractivity contribution in [3.05, 3.63) is 72.6 Å². The van der Waals surface area contributed by atoms with Crippen LogP contribution >= 0.6 is 0 Å². The number of hydrogen-bond donors (Lipinski definition) is 1. The Kier molecular flexibility index (Phi) is 4.82. The molecule has 0 aliphatic carbocycles. The normalized spacial score (nSPS) is 11.4. The van der Waals surface area contributed by atoms with Crippen molar-refractivity contribution in [3.8, 4) is 11.4 Å². The number of sulfonamides is 1. The molecule has 3 rings (SSSR count). The van der Waals surface area contributed by atoms with Gasteiger partial charge in [-0.3, -0.25) is 0 Å². The molecule has 25 heavy (non-hydrogen) atoms. The molecule has 1 N–H and O–H groups in total. The van der Waals surface area contributed by atoms with E-state index in [0.717, 1.165) is 0 Å². The van der Waals surface area contributed by atoms with E-state index in [4.69, 9.17) is 4.74 Å². The Morgan fingerprint density at radius 1 is 1.20 bits per heavy atom. The number of methoxy groups -OCH3 is 1. The van der Waals surface area contributed by atoms with Crippen LogP contribution < -0.4 is 9.46 Å². The number of ether oxygens (including phenoxy) is 1. The average Bonchev–Trinajstić information content (AvgIpc) is 3.14. The van der Waals surface area contributed by atoms with Gasteiger partial charge in [0.2, 0.25) is 10.0 Å². The van der Waals surface area contributed by atoms with Gasteiger partial charge in [-0.25, -0.2) is 22.5 Å². The molecule has 0 amide bonds. The molecule has 0 aliphatic heterocycles. The SMILES string of the molecule is COc1ccc(S(=O)(=O)NCc2ccc(-n3ccnc3)c(F)c2)cc1. The molecule has 0 spiro atoms. The molecule has 1 heterocycles. The molecule has 0 bridgehead atoms. The smallest absolute Gasteiger partial charge is 0.240 e. The summed E-state index contributed by atoms with van der Waals surface area (Å²) >= 11 is 0. The Morgan fingerprint density at radius 2 is 1.96 bits per heavy atom. The van der Waals surface area contributed by atoms with E-state index in [1.54, 1.807) is 41.2 Å². The molecule has 6 nitrogen and oxygen atoms in total. The molecule has 0 radical (unpaired) electrons. The summed E-state index contributed by atoms with van der Waals surface area (Å²) in [4.78, 5) is 3.99. The number of aromatic nitrogens is 2. The van der Waals surface area contributed by atoms with Crippen LogP contribution in [-0.4, -0.2) is 25.1 Å². The van der Waals surface area contributed by atoms with Crippen molar-refractivity contribution in [3.63, 3.8) is 0 Å². The highest BCUT2D eigenvalue weighted by molar-refractivity contribution is 7.89. The van der Waals surface area contributed by atoms with E-state index in [-0.39, 0.29) is 11.4 Å². The fourth-order valence-electron chi connectivity index (χ4n) is 2.29. The summed E-state index contributed by atoms with van der Waals surface area (Å²) in [7, 11) is -2.19. The quantitative estimate of drug-likeness (QED) is 0.732. The van der Waals surface area contributed by atoms with Crippen molar-refractivity contribution >= 4 is 10.0 Å². The zero-order chi connectivity index (χ0) is 17.9. The Hall–Kier alpha value is -2.71. The van der Waals surface area contributed by atoms with E-state index >= 15 is 0 Å². The molecule has 0 atom stereocenters. The van der Waals surface area contributed by atoms with E-state index < -0.39 is 15.8 Å². The van der Waals surface area contributed by atoms with Gasteiger partial charge in [0.05, 0.1) is 24.0 Å². The molecule has 3 aromatic rings. The lowest BCUT2D eigenvalue weighted by Gasteiger charge is -2.09. The highest BCUT2D eigenvalue weighted by Gasteiger charge is 2.14. The monoisotopic (exact) mass is 361 g/mol. The maximum absolute atomic E-state index is 14.2. The fourth-order valence-corrected chi connectivity index (χ4v) is 3.31. The van der Waals surface area contributed by atoms with Crippen LogP contribution in [0.25, 0.3) is 5.69 Å². The Morgan fingerprint density at radius 3 is 2.56 bits per heavy atom. The van der Waals surface area contributed by atoms with Gasteiger partial charge in [-0.05, 0) is 42.0 Å². The lowest BCUT2D eigenvalue weighted by atomic mass is 10.2. The molecule has 0 fully saturated rings. The van der Waals surface area contributed by atoms with E-state index in [1.165, 1.54) is 31.6 Å². The molecule has 130 valence electrons. The van der Waals surface area contributed by atoms with E-state index in [1.807, 2.05) is 0 Å². The second-order valence-electron chi connectivity index (χ2n) is 5.26. The first kappa shape index (κ1) is 17.1. The Labute approximate surface area is 145 Å². The summed E-state index contributed by atoms with van der Waals surface area (Å²) in [6.07, 6.45) is 4.67.